The lowest BCUT2D eigenvalue weighted by Gasteiger charge is -2.37. The van der Waals surface area contributed by atoms with Gasteiger partial charge in [0.2, 0.25) is 0 Å². The molecule has 90 valence electrons. The van der Waals surface area contributed by atoms with Gasteiger partial charge in [0, 0.05) is 11.8 Å². The first-order valence-electron chi connectivity index (χ1n) is 7.14. The number of hydrogen-bond acceptors (Lipinski definition) is 2. The normalized spacial score (nSPS) is 42.4. The van der Waals surface area contributed by atoms with E-state index >= 15 is 0 Å². The largest absolute Gasteiger partial charge is 0.316 e. The average Bonchev–Trinajstić information content (AvgIpc) is 2.73. The van der Waals surface area contributed by atoms with E-state index in [1.165, 1.54) is 51.6 Å². The van der Waals surface area contributed by atoms with E-state index in [0.29, 0.717) is 6.04 Å². The Labute approximate surface area is 98.9 Å². The summed E-state index contributed by atoms with van der Waals surface area (Å²) in [6, 6.07) is 0.669. The minimum Gasteiger partial charge on any atom is -0.316 e. The van der Waals surface area contributed by atoms with Gasteiger partial charge >= 0.3 is 0 Å². The van der Waals surface area contributed by atoms with Crippen LogP contribution in [0.15, 0.2) is 4.99 Å². The van der Waals surface area contributed by atoms with Gasteiger partial charge in [0.05, 0.1) is 0 Å². The molecule has 4 atom stereocenters. The zero-order chi connectivity index (χ0) is 11.0. The molecule has 2 heteroatoms. The minimum atomic E-state index is 0.669. The minimum absolute atomic E-state index is 0.669. The zero-order valence-corrected chi connectivity index (χ0v) is 10.4. The third-order valence-electron chi connectivity index (χ3n) is 4.83. The smallest absolute Gasteiger partial charge is 0.0499 e. The molecule has 1 saturated carbocycles. The van der Waals surface area contributed by atoms with E-state index in [-0.39, 0.29) is 0 Å². The van der Waals surface area contributed by atoms with Crippen LogP contribution in [0.4, 0.5) is 0 Å². The lowest BCUT2D eigenvalue weighted by Crippen LogP contribution is -2.35. The Hall–Kier alpha value is -0.370. The molecule has 0 aromatic carbocycles. The molecule has 4 unspecified atom stereocenters. The van der Waals surface area contributed by atoms with Gasteiger partial charge in [-0.25, -0.2) is 0 Å². The lowest BCUT2D eigenvalue weighted by molar-refractivity contribution is 0.300. The Kier molecular flexibility index (Phi) is 3.01. The molecule has 0 spiro atoms. The molecule has 3 rings (SSSR count). The van der Waals surface area contributed by atoms with Gasteiger partial charge in [0.1, 0.15) is 0 Å². The molecule has 2 aliphatic heterocycles. The number of rotatable bonds is 2. The predicted octanol–water partition coefficient (Wildman–Crippen LogP) is 2.64. The molecule has 2 fully saturated rings. The number of nitrogens with zero attached hydrogens (tertiary/aromatic N) is 1. The summed E-state index contributed by atoms with van der Waals surface area (Å²) in [6.07, 6.45) is 8.11. The van der Waals surface area contributed by atoms with Crippen LogP contribution in [-0.2, 0) is 0 Å². The molecular formula is C14H24N2. The highest BCUT2D eigenvalue weighted by Gasteiger charge is 2.38. The van der Waals surface area contributed by atoms with Crippen molar-refractivity contribution in [3.63, 3.8) is 0 Å². The summed E-state index contributed by atoms with van der Waals surface area (Å²) in [7, 11) is 0. The molecular weight excluding hydrogens is 196 g/mol. The maximum absolute atomic E-state index is 5.04. The van der Waals surface area contributed by atoms with Crippen LogP contribution < -0.4 is 5.32 Å². The molecule has 16 heavy (non-hydrogen) atoms. The number of aliphatic imine (C=N–C) groups is 1. The molecule has 2 nitrogen and oxygen atoms in total. The van der Waals surface area contributed by atoms with Crippen LogP contribution in [0.3, 0.4) is 0 Å². The average molecular weight is 220 g/mol. The molecule has 3 aliphatic rings. The number of fused-ring (bicyclic) bond motifs is 2. The Bertz CT molecular complexity index is 284. The zero-order valence-electron chi connectivity index (χ0n) is 10.4. The van der Waals surface area contributed by atoms with Crippen molar-refractivity contribution in [2.75, 3.05) is 13.1 Å². The van der Waals surface area contributed by atoms with E-state index in [0.717, 1.165) is 17.8 Å². The summed E-state index contributed by atoms with van der Waals surface area (Å²) < 4.78 is 0. The first kappa shape index (κ1) is 10.8. The summed E-state index contributed by atoms with van der Waals surface area (Å²) in [4.78, 5) is 5.04. The van der Waals surface area contributed by atoms with E-state index in [4.69, 9.17) is 4.99 Å². The number of hydrogen-bond donors (Lipinski definition) is 1. The summed E-state index contributed by atoms with van der Waals surface area (Å²) in [5, 5.41) is 3.56. The Balaban J connectivity index is 1.71. The van der Waals surface area contributed by atoms with E-state index in [2.05, 4.69) is 12.2 Å². The van der Waals surface area contributed by atoms with Crippen LogP contribution in [0.25, 0.3) is 0 Å². The van der Waals surface area contributed by atoms with Gasteiger partial charge in [-0.05, 0) is 62.9 Å². The molecule has 2 heterocycles. The van der Waals surface area contributed by atoms with Gasteiger partial charge < -0.3 is 5.32 Å². The predicted molar refractivity (Wildman–Crippen MR) is 67.9 cm³/mol. The first-order chi connectivity index (χ1) is 7.86. The fourth-order valence-corrected chi connectivity index (χ4v) is 3.92. The fourth-order valence-electron chi connectivity index (χ4n) is 3.92. The standard InChI is InChI=1S/C14H24N2/c1-2-3-13-5-4-10-6-11-8-15-9-12(11)7-14(10)16-13/h10-13,15H,2-9H2,1H3. The van der Waals surface area contributed by atoms with E-state index in [1.54, 1.807) is 5.71 Å². The van der Waals surface area contributed by atoms with E-state index < -0.39 is 0 Å². The highest BCUT2D eigenvalue weighted by atomic mass is 14.9. The summed E-state index contributed by atoms with van der Waals surface area (Å²) >= 11 is 0. The van der Waals surface area contributed by atoms with E-state index in [1.807, 2.05) is 0 Å². The maximum Gasteiger partial charge on any atom is 0.0499 e. The Morgan fingerprint density at radius 1 is 1.25 bits per heavy atom. The maximum atomic E-state index is 5.04. The Morgan fingerprint density at radius 3 is 3.00 bits per heavy atom. The van der Waals surface area contributed by atoms with Crippen LogP contribution in [0.5, 0.6) is 0 Å². The molecule has 0 aromatic heterocycles. The summed E-state index contributed by atoms with van der Waals surface area (Å²) in [5.74, 6) is 2.73. The lowest BCUT2D eigenvalue weighted by atomic mass is 9.71. The highest BCUT2D eigenvalue weighted by molar-refractivity contribution is 5.88. The van der Waals surface area contributed by atoms with Crippen molar-refractivity contribution in [3.05, 3.63) is 0 Å². The topological polar surface area (TPSA) is 24.4 Å². The van der Waals surface area contributed by atoms with Crippen molar-refractivity contribution in [2.45, 2.75) is 51.5 Å². The molecule has 0 amide bonds. The van der Waals surface area contributed by atoms with Crippen LogP contribution in [0, 0.1) is 17.8 Å². The summed E-state index contributed by atoms with van der Waals surface area (Å²) in [5.41, 5.74) is 1.59. The van der Waals surface area contributed by atoms with E-state index in [9.17, 15) is 0 Å². The molecule has 1 N–H and O–H groups in total. The van der Waals surface area contributed by atoms with Crippen molar-refractivity contribution >= 4 is 5.71 Å². The van der Waals surface area contributed by atoms with Crippen LogP contribution in [0.2, 0.25) is 0 Å². The fraction of sp³-hybridized carbons (Fsp3) is 0.929. The van der Waals surface area contributed by atoms with Gasteiger partial charge in [-0.15, -0.1) is 0 Å². The van der Waals surface area contributed by atoms with Crippen molar-refractivity contribution in [3.8, 4) is 0 Å². The van der Waals surface area contributed by atoms with Gasteiger partial charge in [0.15, 0.2) is 0 Å². The monoisotopic (exact) mass is 220 g/mol. The molecule has 0 bridgehead atoms. The quantitative estimate of drug-likeness (QED) is 0.760. The molecule has 1 saturated heterocycles. The van der Waals surface area contributed by atoms with Gasteiger partial charge in [0.25, 0.3) is 0 Å². The molecule has 0 aromatic rings. The van der Waals surface area contributed by atoms with Gasteiger partial charge in [-0.1, -0.05) is 13.3 Å². The van der Waals surface area contributed by atoms with Gasteiger partial charge in [-0.3, -0.25) is 4.99 Å². The van der Waals surface area contributed by atoms with Crippen LogP contribution in [0.1, 0.15) is 45.4 Å². The van der Waals surface area contributed by atoms with Gasteiger partial charge in [-0.2, -0.15) is 0 Å². The van der Waals surface area contributed by atoms with Crippen LogP contribution in [-0.4, -0.2) is 24.8 Å². The Morgan fingerprint density at radius 2 is 2.12 bits per heavy atom. The van der Waals surface area contributed by atoms with Crippen molar-refractivity contribution < 1.29 is 0 Å². The SMILES string of the molecule is CCCC1CCC2CC3CNCC3CC2=N1. The van der Waals surface area contributed by atoms with Crippen molar-refractivity contribution in [2.24, 2.45) is 22.7 Å². The first-order valence-corrected chi connectivity index (χ1v) is 7.14. The second kappa shape index (κ2) is 4.48. The van der Waals surface area contributed by atoms with Crippen molar-refractivity contribution in [1.29, 1.82) is 0 Å². The second-order valence-corrected chi connectivity index (χ2v) is 5.96. The van der Waals surface area contributed by atoms with Crippen molar-refractivity contribution in [1.82, 2.24) is 5.32 Å². The molecule has 1 aliphatic carbocycles. The molecule has 0 radical (unpaired) electrons. The third kappa shape index (κ3) is 1.92. The number of nitrogens with one attached hydrogen (secondary N) is 1. The third-order valence-corrected chi connectivity index (χ3v) is 4.83. The second-order valence-electron chi connectivity index (χ2n) is 5.96. The highest BCUT2D eigenvalue weighted by Crippen LogP contribution is 2.39. The summed E-state index contributed by atoms with van der Waals surface area (Å²) in [6.45, 7) is 4.80. The van der Waals surface area contributed by atoms with Crippen LogP contribution >= 0.6 is 0 Å².